The Labute approximate surface area is 279 Å². The van der Waals surface area contributed by atoms with Crippen LogP contribution in [0.1, 0.15) is 97.3 Å². The van der Waals surface area contributed by atoms with Gasteiger partial charge in [-0.15, -0.1) is 0 Å². The van der Waals surface area contributed by atoms with Crippen LogP contribution in [0.25, 0.3) is 0 Å². The van der Waals surface area contributed by atoms with E-state index in [1.54, 1.807) is 31.3 Å². The number of carbonyl (C=O) groups excluding carboxylic acids is 6. The fraction of sp³-hybridized carbons (Fsp3) is 0.657. The van der Waals surface area contributed by atoms with Crippen molar-refractivity contribution in [2.45, 2.75) is 117 Å². The number of hydrogen-bond donors (Lipinski definition) is 4. The molecule has 0 aliphatic carbocycles. The molecule has 12 heteroatoms. The number of anilines is 1. The molecule has 47 heavy (non-hydrogen) atoms. The van der Waals surface area contributed by atoms with Gasteiger partial charge in [0.25, 0.3) is 5.91 Å². The standard InChI is InChI=1S/C35H54N6O6/c1-9-22(6)29-33(45)37-25-15-11-10-14-24(25)34(46)41-17-13-12-16-27(41)35(47)40(8)28(19-21(4)5)32(44)36-23(7)30(42)38-26(18-20(2)3)31(43)39-29/h10-11,14-15,20-23,26-29H,9,12-13,16-19H2,1-8H3,(H,36,44)(H,37,45)(H,38,42)(H,39,43)/t22-,23-,26+,27-,28+,29-/m1/s1. The highest BCUT2D eigenvalue weighted by Crippen LogP contribution is 2.26. The average Bonchev–Trinajstić information content (AvgIpc) is 3.03. The molecular weight excluding hydrogens is 600 g/mol. The summed E-state index contributed by atoms with van der Waals surface area (Å²) in [6, 6.07) is 2.00. The number of para-hydroxylation sites is 1. The molecule has 2 aliphatic rings. The van der Waals surface area contributed by atoms with Gasteiger partial charge in [0.2, 0.25) is 29.5 Å². The molecule has 1 aromatic rings. The van der Waals surface area contributed by atoms with E-state index in [1.165, 1.54) is 16.7 Å². The molecule has 6 atom stereocenters. The van der Waals surface area contributed by atoms with Crippen LogP contribution in [0, 0.1) is 17.8 Å². The lowest BCUT2D eigenvalue weighted by molar-refractivity contribution is -0.144. The third kappa shape index (κ3) is 9.54. The summed E-state index contributed by atoms with van der Waals surface area (Å²) in [5, 5.41) is 11.3. The number of hydrogen-bond acceptors (Lipinski definition) is 6. The van der Waals surface area contributed by atoms with Gasteiger partial charge in [0, 0.05) is 13.6 Å². The second-order valence-electron chi connectivity index (χ2n) is 13.9. The average molecular weight is 655 g/mol. The molecule has 4 N–H and O–H groups in total. The smallest absolute Gasteiger partial charge is 0.256 e. The normalized spacial score (nSPS) is 26.3. The van der Waals surface area contributed by atoms with E-state index in [4.69, 9.17) is 0 Å². The van der Waals surface area contributed by atoms with Crippen LogP contribution in [0.4, 0.5) is 5.69 Å². The minimum atomic E-state index is -1.01. The maximum atomic E-state index is 14.1. The van der Waals surface area contributed by atoms with Crippen LogP contribution in [0.5, 0.6) is 0 Å². The van der Waals surface area contributed by atoms with Crippen LogP contribution in [0.2, 0.25) is 0 Å². The van der Waals surface area contributed by atoms with Crippen LogP contribution >= 0.6 is 0 Å². The van der Waals surface area contributed by atoms with Crippen molar-refractivity contribution in [1.82, 2.24) is 25.8 Å². The molecule has 1 saturated heterocycles. The summed E-state index contributed by atoms with van der Waals surface area (Å²) in [7, 11) is 1.56. The van der Waals surface area contributed by atoms with Crippen LogP contribution in [-0.2, 0) is 24.0 Å². The summed E-state index contributed by atoms with van der Waals surface area (Å²) in [5.74, 6) is -3.04. The summed E-state index contributed by atoms with van der Waals surface area (Å²) in [4.78, 5) is 85.8. The second kappa shape index (κ2) is 16.7. The fourth-order valence-corrected chi connectivity index (χ4v) is 6.18. The fourth-order valence-electron chi connectivity index (χ4n) is 6.18. The van der Waals surface area contributed by atoms with Gasteiger partial charge in [0.1, 0.15) is 30.2 Å². The second-order valence-corrected chi connectivity index (χ2v) is 13.9. The summed E-state index contributed by atoms with van der Waals surface area (Å²) < 4.78 is 0. The largest absolute Gasteiger partial charge is 0.343 e. The Morgan fingerprint density at radius 1 is 0.809 bits per heavy atom. The first-order chi connectivity index (χ1) is 22.2. The highest BCUT2D eigenvalue weighted by Gasteiger charge is 2.40. The lowest BCUT2D eigenvalue weighted by atomic mass is 9.96. The number of nitrogens with zero attached hydrogens (tertiary/aromatic N) is 2. The zero-order valence-corrected chi connectivity index (χ0v) is 29.2. The number of likely N-dealkylation sites (N-methyl/N-ethyl adjacent to an activating group) is 1. The Kier molecular flexibility index (Phi) is 13.4. The summed E-state index contributed by atoms with van der Waals surface area (Å²) in [6.07, 6.45) is 3.08. The number of carbonyl (C=O) groups is 6. The van der Waals surface area contributed by atoms with Gasteiger partial charge in [-0.25, -0.2) is 0 Å². The summed E-state index contributed by atoms with van der Waals surface area (Å²) in [5.41, 5.74) is 0.497. The van der Waals surface area contributed by atoms with E-state index in [-0.39, 0.29) is 34.9 Å². The Morgan fingerprint density at radius 2 is 1.47 bits per heavy atom. The molecule has 1 aromatic carbocycles. The number of amides is 6. The van der Waals surface area contributed by atoms with E-state index in [0.717, 1.165) is 6.42 Å². The van der Waals surface area contributed by atoms with Crippen molar-refractivity contribution in [3.63, 3.8) is 0 Å². The van der Waals surface area contributed by atoms with Gasteiger partial charge in [-0.1, -0.05) is 60.1 Å². The van der Waals surface area contributed by atoms with E-state index in [9.17, 15) is 28.8 Å². The Balaban J connectivity index is 2.13. The number of piperidine rings is 1. The molecule has 2 aliphatic heterocycles. The Hall–Kier alpha value is -3.96. The topological polar surface area (TPSA) is 157 Å². The van der Waals surface area contributed by atoms with E-state index < -0.39 is 59.7 Å². The number of benzene rings is 1. The molecular formula is C35H54N6O6. The maximum absolute atomic E-state index is 14.1. The van der Waals surface area contributed by atoms with E-state index in [2.05, 4.69) is 21.3 Å². The molecule has 3 rings (SSSR count). The van der Waals surface area contributed by atoms with Gasteiger partial charge in [-0.05, 0) is 68.9 Å². The molecule has 0 saturated carbocycles. The lowest BCUT2D eigenvalue weighted by Crippen LogP contribution is -2.59. The maximum Gasteiger partial charge on any atom is 0.256 e. The van der Waals surface area contributed by atoms with Crippen LogP contribution in [-0.4, -0.2) is 89.0 Å². The quantitative estimate of drug-likeness (QED) is 0.369. The third-order valence-corrected chi connectivity index (χ3v) is 9.16. The van der Waals surface area contributed by atoms with Gasteiger partial charge in [-0.2, -0.15) is 0 Å². The molecule has 0 spiro atoms. The van der Waals surface area contributed by atoms with Crippen molar-refractivity contribution < 1.29 is 28.8 Å². The minimum absolute atomic E-state index is 0.0277. The monoisotopic (exact) mass is 654 g/mol. The SMILES string of the molecule is CC[C@@H](C)[C@H]1NC(=O)[C@H](CC(C)C)NC(=O)[C@@H](C)NC(=O)[C@H](CC(C)C)N(C)C(=O)[C@H]2CCCCN2C(=O)c2ccccc2NC1=O. The van der Waals surface area contributed by atoms with Gasteiger partial charge in [0.05, 0.1) is 11.3 Å². The molecule has 0 aromatic heterocycles. The first kappa shape index (κ1) is 37.5. The van der Waals surface area contributed by atoms with Crippen molar-refractivity contribution in [2.24, 2.45) is 17.8 Å². The van der Waals surface area contributed by atoms with Crippen LogP contribution < -0.4 is 21.3 Å². The first-order valence-corrected chi connectivity index (χ1v) is 17.0. The highest BCUT2D eigenvalue weighted by atomic mass is 16.2. The Bertz CT molecular complexity index is 1310. The van der Waals surface area contributed by atoms with Gasteiger partial charge >= 0.3 is 0 Å². The molecule has 2 heterocycles. The zero-order valence-electron chi connectivity index (χ0n) is 29.2. The van der Waals surface area contributed by atoms with Crippen molar-refractivity contribution in [2.75, 3.05) is 18.9 Å². The van der Waals surface area contributed by atoms with E-state index in [0.29, 0.717) is 38.6 Å². The summed E-state index contributed by atoms with van der Waals surface area (Å²) in [6.45, 7) is 13.4. The van der Waals surface area contributed by atoms with Crippen molar-refractivity contribution in [3.8, 4) is 0 Å². The molecule has 1 fully saturated rings. The van der Waals surface area contributed by atoms with Crippen molar-refractivity contribution in [1.29, 1.82) is 0 Å². The summed E-state index contributed by atoms with van der Waals surface area (Å²) >= 11 is 0. The predicted molar refractivity (Wildman–Crippen MR) is 180 cm³/mol. The zero-order chi connectivity index (χ0) is 35.0. The third-order valence-electron chi connectivity index (χ3n) is 9.16. The van der Waals surface area contributed by atoms with Gasteiger partial charge < -0.3 is 31.1 Å². The molecule has 12 nitrogen and oxygen atoms in total. The lowest BCUT2D eigenvalue weighted by Gasteiger charge is -2.39. The first-order valence-electron chi connectivity index (χ1n) is 17.0. The van der Waals surface area contributed by atoms with E-state index >= 15 is 0 Å². The highest BCUT2D eigenvalue weighted by molar-refractivity contribution is 6.07. The number of nitrogens with one attached hydrogen (secondary N) is 4. The minimum Gasteiger partial charge on any atom is -0.343 e. The molecule has 260 valence electrons. The predicted octanol–water partition coefficient (Wildman–Crippen LogP) is 3.07. The van der Waals surface area contributed by atoms with Gasteiger partial charge in [-0.3, -0.25) is 28.8 Å². The Morgan fingerprint density at radius 3 is 2.11 bits per heavy atom. The van der Waals surface area contributed by atoms with Crippen molar-refractivity contribution >= 4 is 41.1 Å². The van der Waals surface area contributed by atoms with E-state index in [1.807, 2.05) is 41.5 Å². The molecule has 0 unspecified atom stereocenters. The molecule has 0 bridgehead atoms. The van der Waals surface area contributed by atoms with Crippen LogP contribution in [0.15, 0.2) is 24.3 Å². The molecule has 0 radical (unpaired) electrons. The molecule has 6 amide bonds. The number of fused-ring (bicyclic) bond motifs is 2. The number of rotatable bonds is 6. The van der Waals surface area contributed by atoms with Crippen LogP contribution in [0.3, 0.4) is 0 Å². The van der Waals surface area contributed by atoms with Gasteiger partial charge in [0.15, 0.2) is 0 Å². The van der Waals surface area contributed by atoms with Crippen molar-refractivity contribution in [3.05, 3.63) is 29.8 Å².